The summed E-state index contributed by atoms with van der Waals surface area (Å²) in [5.41, 5.74) is 4.00. The highest BCUT2D eigenvalue weighted by Gasteiger charge is 2.19. The number of hydrogen-bond acceptors (Lipinski definition) is 4. The maximum atomic E-state index is 12.6. The summed E-state index contributed by atoms with van der Waals surface area (Å²) in [7, 11) is 0. The minimum absolute atomic E-state index is 0.0345. The molecule has 1 N–H and O–H groups in total. The van der Waals surface area contributed by atoms with Crippen LogP contribution in [0.3, 0.4) is 0 Å². The Kier molecular flexibility index (Phi) is 5.65. The fraction of sp³-hybridized carbons (Fsp3) is 0.304. The molecule has 0 atom stereocenters. The van der Waals surface area contributed by atoms with E-state index in [2.05, 4.69) is 44.4 Å². The molecule has 1 fully saturated rings. The van der Waals surface area contributed by atoms with Crippen LogP contribution in [0.5, 0.6) is 0 Å². The van der Waals surface area contributed by atoms with Crippen molar-refractivity contribution in [1.29, 1.82) is 0 Å². The largest absolute Gasteiger partial charge is 0.324 e. The van der Waals surface area contributed by atoms with E-state index in [0.717, 1.165) is 55.0 Å². The van der Waals surface area contributed by atoms with Crippen LogP contribution < -0.4 is 5.32 Å². The summed E-state index contributed by atoms with van der Waals surface area (Å²) in [5.74, 6) is 0.0345. The Labute approximate surface area is 166 Å². The maximum absolute atomic E-state index is 12.6. The van der Waals surface area contributed by atoms with E-state index in [1.165, 1.54) is 5.56 Å². The number of nitrogens with one attached hydrogen (secondary N) is 1. The monoisotopic (exact) mass is 374 g/mol. The van der Waals surface area contributed by atoms with Gasteiger partial charge in [-0.15, -0.1) is 0 Å². The van der Waals surface area contributed by atoms with Gasteiger partial charge in [0.05, 0.1) is 17.7 Å². The zero-order valence-electron chi connectivity index (χ0n) is 16.3. The van der Waals surface area contributed by atoms with Crippen LogP contribution in [0.2, 0.25) is 0 Å². The molecular formula is C23H26N4O. The number of carbonyl (C=O) groups is 1. The molecule has 4 rings (SSSR count). The van der Waals surface area contributed by atoms with Crippen LogP contribution in [-0.4, -0.2) is 53.4 Å². The zero-order valence-corrected chi connectivity index (χ0v) is 16.3. The molecule has 0 spiro atoms. The van der Waals surface area contributed by atoms with Gasteiger partial charge in [0.25, 0.3) is 0 Å². The third kappa shape index (κ3) is 4.55. The molecule has 0 radical (unpaired) electrons. The van der Waals surface area contributed by atoms with Crippen LogP contribution in [0.15, 0.2) is 60.7 Å². The molecule has 0 saturated carbocycles. The number of amides is 1. The molecule has 2 aromatic carbocycles. The lowest BCUT2D eigenvalue weighted by molar-refractivity contribution is -0.117. The minimum atomic E-state index is 0.0345. The third-order valence-electron chi connectivity index (χ3n) is 5.20. The number of aryl methyl sites for hydroxylation is 1. The highest BCUT2D eigenvalue weighted by atomic mass is 16.2. The molecule has 0 unspecified atom stereocenters. The smallest absolute Gasteiger partial charge is 0.238 e. The Morgan fingerprint density at radius 3 is 2.43 bits per heavy atom. The molecule has 5 heteroatoms. The molecule has 1 aliphatic rings. The number of carbonyl (C=O) groups excluding carboxylic acids is 1. The van der Waals surface area contributed by atoms with E-state index in [4.69, 9.17) is 0 Å². The quantitative estimate of drug-likeness (QED) is 0.744. The number of piperazine rings is 1. The molecule has 0 aliphatic carbocycles. The second-order valence-corrected chi connectivity index (χ2v) is 7.41. The van der Waals surface area contributed by atoms with Gasteiger partial charge in [-0.25, -0.2) is 0 Å². The number of rotatable bonds is 5. The van der Waals surface area contributed by atoms with Crippen LogP contribution in [0, 0.1) is 6.92 Å². The summed E-state index contributed by atoms with van der Waals surface area (Å²) in [4.78, 5) is 21.8. The molecule has 2 heterocycles. The predicted molar refractivity (Wildman–Crippen MR) is 113 cm³/mol. The molecule has 144 valence electrons. The molecule has 1 aliphatic heterocycles. The van der Waals surface area contributed by atoms with Crippen molar-refractivity contribution < 1.29 is 4.79 Å². The van der Waals surface area contributed by atoms with Crippen molar-refractivity contribution >= 4 is 22.5 Å². The number of pyridine rings is 1. The summed E-state index contributed by atoms with van der Waals surface area (Å²) in [6, 6.07) is 20.4. The van der Waals surface area contributed by atoms with Gasteiger partial charge in [-0.2, -0.15) is 0 Å². The van der Waals surface area contributed by atoms with Crippen molar-refractivity contribution in [3.8, 4) is 0 Å². The fourth-order valence-corrected chi connectivity index (χ4v) is 3.75. The first-order valence-electron chi connectivity index (χ1n) is 9.82. The van der Waals surface area contributed by atoms with Gasteiger partial charge in [-0.05, 0) is 24.6 Å². The fourth-order valence-electron chi connectivity index (χ4n) is 3.75. The van der Waals surface area contributed by atoms with Gasteiger partial charge in [0.15, 0.2) is 0 Å². The standard InChI is InChI=1S/C23H26N4O/c1-18-15-22(20-9-5-6-10-21(20)24-18)25-23(28)17-27-13-11-26(12-14-27)16-19-7-3-2-4-8-19/h2-10,15H,11-14,16-17H2,1H3,(H,24,25,28). The first-order valence-corrected chi connectivity index (χ1v) is 9.82. The Bertz CT molecular complexity index is 949. The average molecular weight is 374 g/mol. The predicted octanol–water partition coefficient (Wildman–Crippen LogP) is 3.30. The Balaban J connectivity index is 1.32. The van der Waals surface area contributed by atoms with Gasteiger partial charge in [0.1, 0.15) is 0 Å². The number of fused-ring (bicyclic) bond motifs is 1. The van der Waals surface area contributed by atoms with Gasteiger partial charge in [-0.3, -0.25) is 19.6 Å². The molecule has 28 heavy (non-hydrogen) atoms. The molecule has 5 nitrogen and oxygen atoms in total. The van der Waals surface area contributed by atoms with E-state index < -0.39 is 0 Å². The second kappa shape index (κ2) is 8.50. The average Bonchev–Trinajstić information content (AvgIpc) is 2.70. The molecular weight excluding hydrogens is 348 g/mol. The zero-order chi connectivity index (χ0) is 19.3. The van der Waals surface area contributed by atoms with Crippen LogP contribution in [0.1, 0.15) is 11.3 Å². The van der Waals surface area contributed by atoms with Gasteiger partial charge in [0, 0.05) is 43.8 Å². The van der Waals surface area contributed by atoms with E-state index in [9.17, 15) is 4.79 Å². The second-order valence-electron chi connectivity index (χ2n) is 7.41. The van der Waals surface area contributed by atoms with E-state index >= 15 is 0 Å². The van der Waals surface area contributed by atoms with E-state index in [1.807, 2.05) is 43.3 Å². The van der Waals surface area contributed by atoms with Crippen molar-refractivity contribution in [1.82, 2.24) is 14.8 Å². The van der Waals surface area contributed by atoms with Gasteiger partial charge in [0.2, 0.25) is 5.91 Å². The summed E-state index contributed by atoms with van der Waals surface area (Å²) in [6.07, 6.45) is 0. The van der Waals surface area contributed by atoms with Gasteiger partial charge >= 0.3 is 0 Å². The Morgan fingerprint density at radius 1 is 0.964 bits per heavy atom. The number of benzene rings is 2. The lowest BCUT2D eigenvalue weighted by Gasteiger charge is -2.34. The summed E-state index contributed by atoms with van der Waals surface area (Å²) < 4.78 is 0. The van der Waals surface area contributed by atoms with Crippen LogP contribution >= 0.6 is 0 Å². The minimum Gasteiger partial charge on any atom is -0.324 e. The lowest BCUT2D eigenvalue weighted by atomic mass is 10.1. The van der Waals surface area contributed by atoms with Crippen LogP contribution in [0.25, 0.3) is 10.9 Å². The molecule has 0 bridgehead atoms. The number of para-hydroxylation sites is 1. The summed E-state index contributed by atoms with van der Waals surface area (Å²) in [6.45, 7) is 7.15. The highest BCUT2D eigenvalue weighted by Crippen LogP contribution is 2.22. The number of anilines is 1. The number of nitrogens with zero attached hydrogens (tertiary/aromatic N) is 3. The molecule has 3 aromatic rings. The van der Waals surface area contributed by atoms with Gasteiger partial charge in [-0.1, -0.05) is 48.5 Å². The maximum Gasteiger partial charge on any atom is 0.238 e. The lowest BCUT2D eigenvalue weighted by Crippen LogP contribution is -2.48. The number of hydrogen-bond donors (Lipinski definition) is 1. The van der Waals surface area contributed by atoms with E-state index in [-0.39, 0.29) is 5.91 Å². The van der Waals surface area contributed by atoms with Crippen LogP contribution in [0.4, 0.5) is 5.69 Å². The van der Waals surface area contributed by atoms with Crippen molar-refractivity contribution in [3.63, 3.8) is 0 Å². The SMILES string of the molecule is Cc1cc(NC(=O)CN2CCN(Cc3ccccc3)CC2)c2ccccc2n1. The molecule has 1 saturated heterocycles. The van der Waals surface area contributed by atoms with Crippen molar-refractivity contribution in [2.75, 3.05) is 38.0 Å². The summed E-state index contributed by atoms with van der Waals surface area (Å²) >= 11 is 0. The Hall–Kier alpha value is -2.76. The first kappa shape index (κ1) is 18.6. The van der Waals surface area contributed by atoms with Crippen molar-refractivity contribution in [3.05, 3.63) is 71.9 Å². The highest BCUT2D eigenvalue weighted by molar-refractivity contribution is 6.01. The molecule has 1 amide bonds. The number of aromatic nitrogens is 1. The molecule has 1 aromatic heterocycles. The van der Waals surface area contributed by atoms with Crippen molar-refractivity contribution in [2.24, 2.45) is 0 Å². The van der Waals surface area contributed by atoms with Gasteiger partial charge < -0.3 is 5.32 Å². The van der Waals surface area contributed by atoms with E-state index in [1.54, 1.807) is 0 Å². The van der Waals surface area contributed by atoms with Crippen LogP contribution in [-0.2, 0) is 11.3 Å². The topological polar surface area (TPSA) is 48.5 Å². The first-order chi connectivity index (χ1) is 13.7. The van der Waals surface area contributed by atoms with Crippen molar-refractivity contribution in [2.45, 2.75) is 13.5 Å². The third-order valence-corrected chi connectivity index (χ3v) is 5.20. The normalized spacial score (nSPS) is 15.6. The summed E-state index contributed by atoms with van der Waals surface area (Å²) in [5, 5.41) is 4.07. The Morgan fingerprint density at radius 2 is 1.64 bits per heavy atom. The van der Waals surface area contributed by atoms with E-state index in [0.29, 0.717) is 6.54 Å².